The summed E-state index contributed by atoms with van der Waals surface area (Å²) in [6.45, 7) is 13.2. The summed E-state index contributed by atoms with van der Waals surface area (Å²) in [4.78, 5) is 25.0. The molecule has 2 amide bonds. The van der Waals surface area contributed by atoms with E-state index in [4.69, 9.17) is 28.4 Å². The van der Waals surface area contributed by atoms with Crippen LogP contribution in [0.25, 0.3) is 21.5 Å². The third-order valence-corrected chi connectivity index (χ3v) is 7.70. The van der Waals surface area contributed by atoms with Crippen molar-refractivity contribution in [2.75, 3.05) is 52.7 Å². The molecule has 0 heterocycles. The summed E-state index contributed by atoms with van der Waals surface area (Å²) in [7, 11) is 0. The van der Waals surface area contributed by atoms with E-state index in [9.17, 15) is 9.59 Å². The Morgan fingerprint density at radius 3 is 1.54 bits per heavy atom. The van der Waals surface area contributed by atoms with Crippen molar-refractivity contribution in [3.63, 3.8) is 0 Å². The fourth-order valence-corrected chi connectivity index (χ4v) is 5.02. The minimum Gasteiger partial charge on any atom is -0.488 e. The second kappa shape index (κ2) is 22.0. The van der Waals surface area contributed by atoms with E-state index in [-0.39, 0.29) is 26.4 Å². The van der Waals surface area contributed by atoms with Crippen LogP contribution < -0.4 is 20.1 Å². The van der Waals surface area contributed by atoms with Crippen LogP contribution in [-0.4, -0.2) is 77.1 Å². The van der Waals surface area contributed by atoms with Crippen LogP contribution in [-0.2, 0) is 25.4 Å². The predicted octanol–water partition coefficient (Wildman–Crippen LogP) is 7.96. The zero-order chi connectivity index (χ0) is 34.6. The van der Waals surface area contributed by atoms with Gasteiger partial charge in [0.2, 0.25) is 0 Å². The number of fused-ring (bicyclic) bond motifs is 2. The third-order valence-electron chi connectivity index (χ3n) is 7.70. The molecule has 2 atom stereocenters. The Balaban J connectivity index is 1.95. The normalized spacial score (nSPS) is 12.4. The van der Waals surface area contributed by atoms with Crippen LogP contribution in [0.15, 0.2) is 42.5 Å². The molecule has 0 aliphatic rings. The van der Waals surface area contributed by atoms with Crippen LogP contribution in [0.4, 0.5) is 9.59 Å². The minimum absolute atomic E-state index is 0.110. The quantitative estimate of drug-likeness (QED) is 0.0773. The van der Waals surface area contributed by atoms with Crippen LogP contribution in [0.5, 0.6) is 11.5 Å². The van der Waals surface area contributed by atoms with Crippen molar-refractivity contribution in [2.45, 2.75) is 91.8 Å². The number of unbranched alkanes of at least 4 members (excludes halogenated alkanes) is 2. The van der Waals surface area contributed by atoms with E-state index in [1.165, 1.54) is 0 Å². The molecule has 2 N–H and O–H groups in total. The Morgan fingerprint density at radius 1 is 0.604 bits per heavy atom. The van der Waals surface area contributed by atoms with Gasteiger partial charge < -0.3 is 39.1 Å². The first kappa shape index (κ1) is 38.7. The Hall–Kier alpha value is -3.76. The number of alkyl carbamates (subject to hydrolysis) is 2. The molecule has 10 heteroatoms. The van der Waals surface area contributed by atoms with Crippen molar-refractivity contribution in [1.29, 1.82) is 0 Å². The van der Waals surface area contributed by atoms with Gasteiger partial charge >= 0.3 is 12.2 Å². The Bertz CT molecular complexity index is 1400. The zero-order valence-corrected chi connectivity index (χ0v) is 29.6. The van der Waals surface area contributed by atoms with E-state index < -0.39 is 24.4 Å². The van der Waals surface area contributed by atoms with Gasteiger partial charge in [-0.1, -0.05) is 83.9 Å². The van der Waals surface area contributed by atoms with Crippen molar-refractivity contribution in [2.24, 2.45) is 0 Å². The molecular weight excluding hydrogens is 612 g/mol. The summed E-state index contributed by atoms with van der Waals surface area (Å²) in [5.74, 6) is 1.34. The number of rotatable bonds is 23. The average Bonchev–Trinajstić information content (AvgIpc) is 3.10. The second-order valence-corrected chi connectivity index (χ2v) is 11.8. The molecule has 0 aliphatic heterocycles. The number of carbonyl (C=O) groups excluding carboxylic acids is 2. The molecule has 0 spiro atoms. The number of nitrogens with one attached hydrogen (secondary N) is 2. The van der Waals surface area contributed by atoms with E-state index in [1.807, 2.05) is 44.2 Å². The van der Waals surface area contributed by atoms with Crippen molar-refractivity contribution < 1.29 is 38.0 Å². The average molecular weight is 669 g/mol. The molecule has 0 radical (unpaired) electrons. The lowest BCUT2D eigenvalue weighted by Gasteiger charge is -2.23. The van der Waals surface area contributed by atoms with Crippen LogP contribution in [0, 0.1) is 0 Å². The number of aryl methyl sites for hydroxylation is 1. The molecule has 0 bridgehead atoms. The molecule has 48 heavy (non-hydrogen) atoms. The van der Waals surface area contributed by atoms with Gasteiger partial charge in [0.1, 0.15) is 24.7 Å². The zero-order valence-electron chi connectivity index (χ0n) is 29.6. The topological polar surface area (TPSA) is 114 Å². The van der Waals surface area contributed by atoms with Crippen molar-refractivity contribution in [3.05, 3.63) is 48.0 Å². The van der Waals surface area contributed by atoms with Gasteiger partial charge in [0.05, 0.1) is 13.2 Å². The summed E-state index contributed by atoms with van der Waals surface area (Å²) in [6.07, 6.45) is 4.12. The summed E-state index contributed by atoms with van der Waals surface area (Å²) in [5, 5.41) is 8.99. The highest BCUT2D eigenvalue weighted by Gasteiger charge is 2.22. The molecule has 0 fully saturated rings. The van der Waals surface area contributed by atoms with Gasteiger partial charge in [-0.3, -0.25) is 0 Å². The molecule has 3 aromatic rings. The lowest BCUT2D eigenvalue weighted by molar-refractivity contribution is -0.00219. The van der Waals surface area contributed by atoms with E-state index >= 15 is 0 Å². The third kappa shape index (κ3) is 12.4. The monoisotopic (exact) mass is 668 g/mol. The van der Waals surface area contributed by atoms with Gasteiger partial charge in [0.15, 0.2) is 12.2 Å². The first-order chi connectivity index (χ1) is 23.4. The number of amides is 2. The summed E-state index contributed by atoms with van der Waals surface area (Å²) in [5.41, 5.74) is 1.14. The van der Waals surface area contributed by atoms with E-state index in [1.54, 1.807) is 0 Å². The van der Waals surface area contributed by atoms with Gasteiger partial charge in [-0.2, -0.15) is 0 Å². The first-order valence-electron chi connectivity index (χ1n) is 17.7. The van der Waals surface area contributed by atoms with E-state index in [2.05, 4.69) is 43.5 Å². The van der Waals surface area contributed by atoms with Crippen LogP contribution in [0.3, 0.4) is 0 Å². The maximum Gasteiger partial charge on any atom is 0.407 e. The highest BCUT2D eigenvalue weighted by Crippen LogP contribution is 2.43. The number of carbonyl (C=O) groups is 2. The summed E-state index contributed by atoms with van der Waals surface area (Å²) in [6, 6.07) is 14.1. The lowest BCUT2D eigenvalue weighted by atomic mass is 9.98. The van der Waals surface area contributed by atoms with E-state index in [0.717, 1.165) is 72.1 Å². The Morgan fingerprint density at radius 2 is 1.08 bits per heavy atom. The molecule has 266 valence electrons. The molecule has 3 rings (SSSR count). The summed E-state index contributed by atoms with van der Waals surface area (Å²) < 4.78 is 36.3. The van der Waals surface area contributed by atoms with Crippen molar-refractivity contribution in [1.82, 2.24) is 10.6 Å². The summed E-state index contributed by atoms with van der Waals surface area (Å²) >= 11 is 0. The van der Waals surface area contributed by atoms with Gasteiger partial charge in [-0.05, 0) is 43.7 Å². The van der Waals surface area contributed by atoms with Crippen LogP contribution in [0.2, 0.25) is 0 Å². The number of benzene rings is 3. The number of ether oxygens (including phenoxy) is 6. The van der Waals surface area contributed by atoms with Gasteiger partial charge in [0, 0.05) is 47.8 Å². The predicted molar refractivity (Wildman–Crippen MR) is 190 cm³/mol. The SMILES string of the molecule is CCCCOCC(COc1c2ccccc2c(OCC(COCCCC)OC(=O)NCCC)c2cc(CC)ccc12)OC(=O)NCCC. The molecule has 0 aliphatic carbocycles. The standard InChI is InChI=1S/C38H56N2O8/c1-6-11-21-43-24-29(47-37(41)39-19-8-3)26-45-35-31-15-13-14-16-32(31)36(34-23-28(10-5)17-18-33(34)35)46-27-30(25-44-22-12-7-2)48-38(42)40-20-9-4/h13-18,23,29-30H,6-12,19-22,24-27H2,1-5H3,(H,39,41)(H,40,42). The molecule has 10 nitrogen and oxygen atoms in total. The molecule has 0 aromatic heterocycles. The van der Waals surface area contributed by atoms with Crippen LogP contribution in [0.1, 0.15) is 78.7 Å². The minimum atomic E-state index is -0.609. The highest BCUT2D eigenvalue weighted by atomic mass is 16.6. The van der Waals surface area contributed by atoms with Gasteiger partial charge in [-0.25, -0.2) is 9.59 Å². The molecule has 0 saturated carbocycles. The van der Waals surface area contributed by atoms with Gasteiger partial charge in [0.25, 0.3) is 0 Å². The Kier molecular flexibility index (Phi) is 17.7. The maximum absolute atomic E-state index is 12.5. The van der Waals surface area contributed by atoms with Crippen molar-refractivity contribution >= 4 is 33.7 Å². The molecule has 2 unspecified atom stereocenters. The number of hydrogen-bond donors (Lipinski definition) is 2. The fraction of sp³-hybridized carbons (Fsp3) is 0.579. The Labute approximate surface area is 286 Å². The first-order valence-corrected chi connectivity index (χ1v) is 17.7. The van der Waals surface area contributed by atoms with Crippen molar-refractivity contribution in [3.8, 4) is 11.5 Å². The highest BCUT2D eigenvalue weighted by molar-refractivity contribution is 6.11. The molecular formula is C38H56N2O8. The van der Waals surface area contributed by atoms with E-state index in [0.29, 0.717) is 37.8 Å². The largest absolute Gasteiger partial charge is 0.488 e. The molecule has 3 aromatic carbocycles. The number of hydrogen-bond acceptors (Lipinski definition) is 8. The van der Waals surface area contributed by atoms with Crippen LogP contribution >= 0.6 is 0 Å². The second-order valence-electron chi connectivity index (χ2n) is 11.8. The molecule has 0 saturated heterocycles. The lowest BCUT2D eigenvalue weighted by Crippen LogP contribution is -2.35. The maximum atomic E-state index is 12.5. The smallest absolute Gasteiger partial charge is 0.407 e. The van der Waals surface area contributed by atoms with Gasteiger partial charge in [-0.15, -0.1) is 0 Å². The fourth-order valence-electron chi connectivity index (χ4n) is 5.02.